The molecule has 1 atom stereocenters. The van der Waals surface area contributed by atoms with Gasteiger partial charge >= 0.3 is 0 Å². The van der Waals surface area contributed by atoms with Crippen LogP contribution in [0.1, 0.15) is 18.4 Å². The number of aromatic nitrogens is 2. The highest BCUT2D eigenvalue weighted by Crippen LogP contribution is 2.38. The summed E-state index contributed by atoms with van der Waals surface area (Å²) in [7, 11) is 0. The zero-order chi connectivity index (χ0) is 23.3. The number of aliphatic hydroxyl groups excluding tert-OH is 1. The lowest BCUT2D eigenvalue weighted by atomic mass is 10.0. The van der Waals surface area contributed by atoms with Crippen molar-refractivity contribution in [3.63, 3.8) is 0 Å². The highest BCUT2D eigenvalue weighted by atomic mass is 32.1. The monoisotopic (exact) mass is 474 g/mol. The molecular weight excluding hydrogens is 444 g/mol. The number of hydrogen-bond acceptors (Lipinski definition) is 7. The number of aryl methyl sites for hydroxylation is 1. The summed E-state index contributed by atoms with van der Waals surface area (Å²) in [6.07, 6.45) is 3.14. The molecule has 2 N–H and O–H groups in total. The fourth-order valence-electron chi connectivity index (χ4n) is 4.41. The van der Waals surface area contributed by atoms with Gasteiger partial charge in [0.05, 0.1) is 5.39 Å². The van der Waals surface area contributed by atoms with E-state index in [1.807, 2.05) is 37.3 Å². The first-order valence-electron chi connectivity index (χ1n) is 11.8. The molecule has 3 heterocycles. The van der Waals surface area contributed by atoms with Crippen molar-refractivity contribution in [1.82, 2.24) is 15.3 Å². The maximum atomic E-state index is 10.3. The Labute approximate surface area is 204 Å². The second kappa shape index (κ2) is 10.5. The van der Waals surface area contributed by atoms with Crippen molar-refractivity contribution in [3.05, 3.63) is 71.9 Å². The van der Waals surface area contributed by atoms with Crippen LogP contribution in [-0.2, 0) is 0 Å². The first-order valence-corrected chi connectivity index (χ1v) is 12.7. The van der Waals surface area contributed by atoms with E-state index in [4.69, 9.17) is 9.72 Å². The number of piperidine rings is 1. The van der Waals surface area contributed by atoms with Crippen LogP contribution in [0.3, 0.4) is 0 Å². The van der Waals surface area contributed by atoms with Crippen LogP contribution in [-0.4, -0.2) is 53.5 Å². The van der Waals surface area contributed by atoms with Gasteiger partial charge in [-0.15, -0.1) is 11.3 Å². The van der Waals surface area contributed by atoms with Crippen LogP contribution in [0.25, 0.3) is 21.3 Å². The molecule has 4 aromatic rings. The second-order valence-electron chi connectivity index (χ2n) is 8.84. The molecule has 0 spiro atoms. The zero-order valence-corrected chi connectivity index (χ0v) is 20.2. The van der Waals surface area contributed by atoms with Gasteiger partial charge in [0.2, 0.25) is 0 Å². The summed E-state index contributed by atoms with van der Waals surface area (Å²) in [5.41, 5.74) is 3.59. The molecule has 5 rings (SSSR count). The molecule has 1 unspecified atom stereocenters. The van der Waals surface area contributed by atoms with Crippen LogP contribution in [0, 0.1) is 6.92 Å². The number of nitrogens with one attached hydrogen (secondary N) is 1. The van der Waals surface area contributed by atoms with Crippen LogP contribution in [0.2, 0.25) is 0 Å². The Morgan fingerprint density at radius 2 is 1.85 bits per heavy atom. The van der Waals surface area contributed by atoms with Crippen molar-refractivity contribution in [1.29, 1.82) is 0 Å². The number of nitrogens with zero attached hydrogens (tertiary/aromatic N) is 3. The van der Waals surface area contributed by atoms with Gasteiger partial charge in [-0.25, -0.2) is 9.97 Å². The number of anilines is 1. The fraction of sp³-hybridized carbons (Fsp3) is 0.333. The van der Waals surface area contributed by atoms with E-state index in [0.29, 0.717) is 12.6 Å². The average molecular weight is 475 g/mol. The third-order valence-corrected chi connectivity index (χ3v) is 7.22. The number of hydrogen-bond donors (Lipinski definition) is 2. The van der Waals surface area contributed by atoms with Crippen LogP contribution in [0.4, 0.5) is 5.82 Å². The lowest BCUT2D eigenvalue weighted by Crippen LogP contribution is -2.45. The predicted molar refractivity (Wildman–Crippen MR) is 139 cm³/mol. The van der Waals surface area contributed by atoms with Crippen molar-refractivity contribution in [3.8, 4) is 16.9 Å². The number of fused-ring (bicyclic) bond motifs is 1. The van der Waals surface area contributed by atoms with Crippen molar-refractivity contribution < 1.29 is 9.84 Å². The Balaban J connectivity index is 1.16. The van der Waals surface area contributed by atoms with E-state index in [1.54, 1.807) is 17.7 Å². The highest BCUT2D eigenvalue weighted by Gasteiger charge is 2.24. The summed E-state index contributed by atoms with van der Waals surface area (Å²) >= 11 is 1.67. The van der Waals surface area contributed by atoms with Crippen LogP contribution in [0.5, 0.6) is 5.75 Å². The molecule has 0 aliphatic carbocycles. The van der Waals surface area contributed by atoms with Gasteiger partial charge in [0.15, 0.2) is 0 Å². The van der Waals surface area contributed by atoms with Gasteiger partial charge in [-0.2, -0.15) is 0 Å². The quantitative estimate of drug-likeness (QED) is 0.387. The van der Waals surface area contributed by atoms with Gasteiger partial charge in [0.25, 0.3) is 0 Å². The van der Waals surface area contributed by atoms with Crippen molar-refractivity contribution in [2.45, 2.75) is 31.9 Å². The van der Waals surface area contributed by atoms with E-state index < -0.39 is 6.10 Å². The Bertz CT molecular complexity index is 1200. The molecule has 2 aromatic carbocycles. The van der Waals surface area contributed by atoms with Gasteiger partial charge < -0.3 is 20.1 Å². The first kappa shape index (κ1) is 22.8. The largest absolute Gasteiger partial charge is 0.491 e. The SMILES string of the molecule is Cc1ccc(OCC(O)CNC2CCN(c3ncnc4scc(-c5ccccc5)c34)CC2)cc1. The van der Waals surface area contributed by atoms with Crippen LogP contribution < -0.4 is 15.0 Å². The molecule has 2 aromatic heterocycles. The molecule has 0 radical (unpaired) electrons. The highest BCUT2D eigenvalue weighted by molar-refractivity contribution is 7.17. The second-order valence-corrected chi connectivity index (χ2v) is 9.70. The molecule has 6 nitrogen and oxygen atoms in total. The van der Waals surface area contributed by atoms with Crippen LogP contribution >= 0.6 is 11.3 Å². The number of rotatable bonds is 8. The number of benzene rings is 2. The molecule has 1 aliphatic rings. The summed E-state index contributed by atoms with van der Waals surface area (Å²) in [5.74, 6) is 1.81. The number of ether oxygens (including phenoxy) is 1. The molecule has 0 saturated carbocycles. The molecular formula is C27H30N4O2S. The first-order chi connectivity index (χ1) is 16.7. The van der Waals surface area contributed by atoms with Gasteiger partial charge in [-0.05, 0) is 37.5 Å². The van der Waals surface area contributed by atoms with E-state index in [-0.39, 0.29) is 6.61 Å². The molecule has 0 amide bonds. The molecule has 0 bridgehead atoms. The Morgan fingerprint density at radius 1 is 1.09 bits per heavy atom. The zero-order valence-electron chi connectivity index (χ0n) is 19.4. The van der Waals surface area contributed by atoms with E-state index in [1.165, 1.54) is 16.7 Å². The van der Waals surface area contributed by atoms with Crippen molar-refractivity contribution in [2.24, 2.45) is 0 Å². The molecule has 1 fully saturated rings. The van der Waals surface area contributed by atoms with Gasteiger partial charge in [-0.3, -0.25) is 0 Å². The Hall–Kier alpha value is -3.00. The Kier molecular flexibility index (Phi) is 7.04. The van der Waals surface area contributed by atoms with E-state index in [9.17, 15) is 5.11 Å². The number of aliphatic hydroxyl groups is 1. The lowest BCUT2D eigenvalue weighted by molar-refractivity contribution is 0.102. The topological polar surface area (TPSA) is 70.5 Å². The average Bonchev–Trinajstić information content (AvgIpc) is 3.32. The standard InChI is InChI=1S/C27H30N4O2S/c1-19-7-9-23(10-8-19)33-16-22(32)15-28-21-11-13-31(14-12-21)26-25-24(20-5-3-2-4-6-20)17-34-27(25)30-18-29-26/h2-10,17-18,21-22,28,32H,11-16H2,1H3. The van der Waals surface area contributed by atoms with E-state index in [2.05, 4.69) is 44.8 Å². The summed E-state index contributed by atoms with van der Waals surface area (Å²) in [6, 6.07) is 18.7. The minimum Gasteiger partial charge on any atom is -0.491 e. The van der Waals surface area contributed by atoms with Gasteiger partial charge in [-0.1, -0.05) is 48.0 Å². The fourth-order valence-corrected chi connectivity index (χ4v) is 5.32. The lowest BCUT2D eigenvalue weighted by Gasteiger charge is -2.34. The molecule has 176 valence electrons. The maximum Gasteiger partial charge on any atom is 0.141 e. The molecule has 34 heavy (non-hydrogen) atoms. The van der Waals surface area contributed by atoms with Gasteiger partial charge in [0, 0.05) is 36.6 Å². The summed E-state index contributed by atoms with van der Waals surface area (Å²) in [4.78, 5) is 12.6. The van der Waals surface area contributed by atoms with Crippen LogP contribution in [0.15, 0.2) is 66.3 Å². The van der Waals surface area contributed by atoms with E-state index >= 15 is 0 Å². The number of thiophene rings is 1. The van der Waals surface area contributed by atoms with Crippen molar-refractivity contribution in [2.75, 3.05) is 31.1 Å². The van der Waals surface area contributed by atoms with Crippen molar-refractivity contribution >= 4 is 27.4 Å². The normalized spacial score (nSPS) is 15.5. The summed E-state index contributed by atoms with van der Waals surface area (Å²) in [5, 5.41) is 17.2. The summed E-state index contributed by atoms with van der Waals surface area (Å²) < 4.78 is 5.71. The third kappa shape index (κ3) is 5.22. The molecule has 1 saturated heterocycles. The maximum absolute atomic E-state index is 10.3. The third-order valence-electron chi connectivity index (χ3n) is 6.34. The molecule has 1 aliphatic heterocycles. The predicted octanol–water partition coefficient (Wildman–Crippen LogP) is 4.67. The Morgan fingerprint density at radius 3 is 2.62 bits per heavy atom. The minimum atomic E-state index is -0.542. The molecule has 7 heteroatoms. The van der Waals surface area contributed by atoms with E-state index in [0.717, 1.165) is 47.7 Å². The summed E-state index contributed by atoms with van der Waals surface area (Å²) in [6.45, 7) is 4.70. The van der Waals surface area contributed by atoms with Gasteiger partial charge in [0.1, 0.15) is 35.4 Å². The smallest absolute Gasteiger partial charge is 0.141 e. The minimum absolute atomic E-state index is 0.286.